The maximum atomic E-state index is 16.5. The molecule has 8 nitrogen and oxygen atoms in total. The molecule has 3 atom stereocenters. The van der Waals surface area contributed by atoms with Crippen molar-refractivity contribution in [3.8, 4) is 17.3 Å². The molecule has 6 rings (SSSR count). The van der Waals surface area contributed by atoms with Crippen molar-refractivity contribution in [3.63, 3.8) is 0 Å². The standard InChI is InChI=1S/C28H32ClF4N7O/c1-14-9-20(34)35-25(22(14)28(31,32)33)21-19(29)10-18-24(23(21)30)36-27(41-13-17-5-4-8-38(17)2)37-26(18)40-11-15-6-7-16(12-40)39(15)3/h9-10,15-17H,4-8,11-13H2,1-3H3,(H2,34,35)/t15?,16?,17-/m0/s1. The van der Waals surface area contributed by atoms with Gasteiger partial charge in [0.25, 0.3) is 0 Å². The Morgan fingerprint density at radius 1 is 1.07 bits per heavy atom. The van der Waals surface area contributed by atoms with Crippen molar-refractivity contribution in [2.24, 2.45) is 0 Å². The van der Waals surface area contributed by atoms with Gasteiger partial charge in [0.2, 0.25) is 0 Å². The molecule has 2 unspecified atom stereocenters. The number of anilines is 2. The molecule has 2 N–H and O–H groups in total. The van der Waals surface area contributed by atoms with Crippen LogP contribution < -0.4 is 15.4 Å². The van der Waals surface area contributed by atoms with Crippen LogP contribution in [0, 0.1) is 12.7 Å². The highest BCUT2D eigenvalue weighted by atomic mass is 35.5. The van der Waals surface area contributed by atoms with E-state index >= 15 is 4.39 Å². The quantitative estimate of drug-likeness (QED) is 0.407. The topological polar surface area (TPSA) is 83.6 Å². The lowest BCUT2D eigenvalue weighted by atomic mass is 9.99. The van der Waals surface area contributed by atoms with Gasteiger partial charge in [0.15, 0.2) is 5.82 Å². The number of aromatic nitrogens is 3. The van der Waals surface area contributed by atoms with Crippen molar-refractivity contribution in [2.75, 3.05) is 51.0 Å². The van der Waals surface area contributed by atoms with E-state index in [1.807, 2.05) is 7.05 Å². The molecule has 0 radical (unpaired) electrons. The number of aryl methyl sites for hydroxylation is 1. The van der Waals surface area contributed by atoms with E-state index in [1.165, 1.54) is 13.0 Å². The first-order chi connectivity index (χ1) is 19.4. The van der Waals surface area contributed by atoms with Crippen molar-refractivity contribution in [2.45, 2.75) is 56.9 Å². The predicted octanol–water partition coefficient (Wildman–Crippen LogP) is 5.15. The molecule has 13 heteroatoms. The lowest BCUT2D eigenvalue weighted by molar-refractivity contribution is -0.137. The minimum atomic E-state index is -4.82. The summed E-state index contributed by atoms with van der Waals surface area (Å²) in [6.07, 6.45) is -0.741. The number of benzene rings is 1. The van der Waals surface area contributed by atoms with Gasteiger partial charge in [-0.1, -0.05) is 11.6 Å². The van der Waals surface area contributed by atoms with E-state index in [0.717, 1.165) is 38.3 Å². The summed E-state index contributed by atoms with van der Waals surface area (Å²) in [5.41, 5.74) is 3.18. The summed E-state index contributed by atoms with van der Waals surface area (Å²) >= 11 is 6.57. The molecule has 5 heterocycles. The molecule has 0 saturated carbocycles. The van der Waals surface area contributed by atoms with Crippen LogP contribution in [0.4, 0.5) is 29.2 Å². The second kappa shape index (κ2) is 10.4. The number of alkyl halides is 3. The maximum absolute atomic E-state index is 16.5. The molecule has 41 heavy (non-hydrogen) atoms. The summed E-state index contributed by atoms with van der Waals surface area (Å²) in [7, 11) is 4.12. The fourth-order valence-corrected chi connectivity index (χ4v) is 6.85. The lowest BCUT2D eigenvalue weighted by Gasteiger charge is -2.39. The van der Waals surface area contributed by atoms with Gasteiger partial charge in [-0.15, -0.1) is 0 Å². The minimum absolute atomic E-state index is 0.0287. The van der Waals surface area contributed by atoms with Crippen molar-refractivity contribution in [1.82, 2.24) is 24.8 Å². The number of nitrogen functional groups attached to an aromatic ring is 1. The van der Waals surface area contributed by atoms with Gasteiger partial charge in [0.1, 0.15) is 23.8 Å². The number of hydrogen-bond donors (Lipinski definition) is 1. The largest absolute Gasteiger partial charge is 0.462 e. The smallest absolute Gasteiger partial charge is 0.418 e. The molecule has 3 fully saturated rings. The monoisotopic (exact) mass is 593 g/mol. The molecule has 2 bridgehead atoms. The Morgan fingerprint density at radius 2 is 1.78 bits per heavy atom. The molecular formula is C28H32ClF4N7O. The van der Waals surface area contributed by atoms with Crippen LogP contribution in [-0.2, 0) is 6.18 Å². The van der Waals surface area contributed by atoms with Gasteiger partial charge in [-0.2, -0.15) is 23.1 Å². The van der Waals surface area contributed by atoms with Crippen LogP contribution in [0.2, 0.25) is 5.02 Å². The van der Waals surface area contributed by atoms with Crippen LogP contribution in [0.25, 0.3) is 22.2 Å². The normalized spacial score (nSPS) is 23.6. The van der Waals surface area contributed by atoms with Crippen molar-refractivity contribution >= 4 is 34.1 Å². The van der Waals surface area contributed by atoms with Crippen LogP contribution >= 0.6 is 11.6 Å². The predicted molar refractivity (Wildman–Crippen MR) is 150 cm³/mol. The molecular weight excluding hydrogens is 562 g/mol. The van der Waals surface area contributed by atoms with Crippen LogP contribution in [0.1, 0.15) is 36.8 Å². The summed E-state index contributed by atoms with van der Waals surface area (Å²) in [5.74, 6) is -0.754. The average Bonchev–Trinajstić information content (AvgIpc) is 3.36. The van der Waals surface area contributed by atoms with E-state index < -0.39 is 28.8 Å². The van der Waals surface area contributed by atoms with E-state index in [9.17, 15) is 13.2 Å². The summed E-state index contributed by atoms with van der Waals surface area (Å²) in [4.78, 5) is 19.6. The van der Waals surface area contributed by atoms with Crippen LogP contribution in [-0.4, -0.2) is 83.2 Å². The van der Waals surface area contributed by atoms with E-state index in [-0.39, 0.29) is 34.0 Å². The second-order valence-corrected chi connectivity index (χ2v) is 11.8. The number of rotatable bonds is 5. The number of hydrogen-bond acceptors (Lipinski definition) is 8. The van der Waals surface area contributed by atoms with E-state index in [2.05, 4.69) is 31.7 Å². The van der Waals surface area contributed by atoms with Crippen LogP contribution in [0.3, 0.4) is 0 Å². The number of nitrogens with two attached hydrogens (primary N) is 1. The number of pyridine rings is 1. The number of fused-ring (bicyclic) bond motifs is 3. The molecule has 2 aromatic heterocycles. The number of ether oxygens (including phenoxy) is 1. The first-order valence-electron chi connectivity index (χ1n) is 13.8. The van der Waals surface area contributed by atoms with Gasteiger partial charge < -0.3 is 20.3 Å². The summed E-state index contributed by atoms with van der Waals surface area (Å²) in [6.45, 7) is 3.85. The number of nitrogens with zero attached hydrogens (tertiary/aromatic N) is 6. The van der Waals surface area contributed by atoms with E-state index in [0.29, 0.717) is 43.0 Å². The van der Waals surface area contributed by atoms with Crippen molar-refractivity contribution < 1.29 is 22.3 Å². The van der Waals surface area contributed by atoms with E-state index in [1.54, 1.807) is 0 Å². The highest BCUT2D eigenvalue weighted by Crippen LogP contribution is 2.45. The Bertz CT molecular complexity index is 1490. The number of likely N-dealkylation sites (tertiary alicyclic amines) is 1. The van der Waals surface area contributed by atoms with Gasteiger partial charge >= 0.3 is 12.2 Å². The third kappa shape index (κ3) is 5.03. The molecule has 0 amide bonds. The Labute approximate surface area is 240 Å². The Morgan fingerprint density at radius 3 is 2.41 bits per heavy atom. The summed E-state index contributed by atoms with van der Waals surface area (Å²) < 4.78 is 65.0. The zero-order chi connectivity index (χ0) is 29.2. The minimum Gasteiger partial charge on any atom is -0.462 e. The molecule has 0 aliphatic carbocycles. The molecule has 220 valence electrons. The zero-order valence-electron chi connectivity index (χ0n) is 23.1. The third-order valence-electron chi connectivity index (χ3n) is 8.82. The fourth-order valence-electron chi connectivity index (χ4n) is 6.57. The van der Waals surface area contributed by atoms with Gasteiger partial charge in [-0.3, -0.25) is 4.90 Å². The first-order valence-corrected chi connectivity index (χ1v) is 14.1. The van der Waals surface area contributed by atoms with Crippen LogP contribution in [0.5, 0.6) is 6.01 Å². The van der Waals surface area contributed by atoms with Crippen molar-refractivity contribution in [3.05, 3.63) is 34.1 Å². The summed E-state index contributed by atoms with van der Waals surface area (Å²) in [5, 5.41) is 0.0703. The zero-order valence-corrected chi connectivity index (χ0v) is 23.9. The molecule has 3 aliphatic heterocycles. The average molecular weight is 594 g/mol. The van der Waals surface area contributed by atoms with Gasteiger partial charge in [0.05, 0.1) is 21.8 Å². The molecule has 0 spiro atoms. The third-order valence-corrected chi connectivity index (χ3v) is 9.12. The fraction of sp³-hybridized carbons (Fsp3) is 0.536. The number of likely N-dealkylation sites (N-methyl/N-ethyl adjacent to an activating group) is 2. The van der Waals surface area contributed by atoms with Crippen molar-refractivity contribution in [1.29, 1.82) is 0 Å². The Hall–Kier alpha value is -2.96. The number of halogens is 5. The van der Waals surface area contributed by atoms with E-state index in [4.69, 9.17) is 27.1 Å². The lowest BCUT2D eigenvalue weighted by Crippen LogP contribution is -2.52. The molecule has 1 aromatic carbocycles. The summed E-state index contributed by atoms with van der Waals surface area (Å²) in [6, 6.07) is 3.29. The second-order valence-electron chi connectivity index (χ2n) is 11.4. The highest BCUT2D eigenvalue weighted by molar-refractivity contribution is 6.34. The SMILES string of the molecule is Cc1cc(N)nc(-c2c(Cl)cc3c(N4CC5CCC(C4)N5C)nc(OC[C@@H]4CCCN4C)nc3c2F)c1C(F)(F)F. The van der Waals surface area contributed by atoms with Crippen LogP contribution in [0.15, 0.2) is 12.1 Å². The van der Waals surface area contributed by atoms with Gasteiger partial charge in [-0.25, -0.2) is 9.37 Å². The van der Waals surface area contributed by atoms with Gasteiger partial charge in [0, 0.05) is 36.6 Å². The number of piperazine rings is 1. The molecule has 3 aromatic rings. The Balaban J connectivity index is 1.52. The van der Waals surface area contributed by atoms with Gasteiger partial charge in [-0.05, 0) is 70.9 Å². The first kappa shape index (κ1) is 28.2. The maximum Gasteiger partial charge on any atom is 0.418 e. The molecule has 3 saturated heterocycles. The molecule has 3 aliphatic rings. The highest BCUT2D eigenvalue weighted by Gasteiger charge is 2.40. The Kier molecular flexibility index (Phi) is 7.14.